The standard InChI is InChI=1S/C13H21F6N.H3O4P/c1-9(2)20-10-3-5-11(6-4-10,7-12(14,15)16)8-13(17,18)19;1-5(2,3)4/h9-10,20H,3-8H2,1-2H3;(H3,1,2,3,4). The molecule has 0 spiro atoms. The molecule has 1 rings (SSSR count). The third-order valence-electron chi connectivity index (χ3n) is 3.77. The minimum absolute atomic E-state index is 0.0181. The second-order valence-electron chi connectivity index (χ2n) is 6.69. The van der Waals surface area contributed by atoms with Crippen LogP contribution in [-0.4, -0.2) is 39.1 Å². The van der Waals surface area contributed by atoms with Crippen molar-refractivity contribution in [3.05, 3.63) is 0 Å². The average molecular weight is 403 g/mol. The van der Waals surface area contributed by atoms with Crippen molar-refractivity contribution in [2.45, 2.75) is 76.8 Å². The Balaban J connectivity index is 0.00000101. The molecule has 0 bridgehead atoms. The second kappa shape index (κ2) is 9.03. The summed E-state index contributed by atoms with van der Waals surface area (Å²) in [5.74, 6) is 0. The molecule has 0 unspecified atom stereocenters. The molecule has 1 aliphatic carbocycles. The van der Waals surface area contributed by atoms with E-state index in [0.717, 1.165) is 0 Å². The van der Waals surface area contributed by atoms with Crippen LogP contribution in [0.2, 0.25) is 0 Å². The summed E-state index contributed by atoms with van der Waals surface area (Å²) in [7, 11) is -4.64. The van der Waals surface area contributed by atoms with Crippen LogP contribution in [0, 0.1) is 5.41 Å². The number of hydrogen-bond acceptors (Lipinski definition) is 2. The van der Waals surface area contributed by atoms with Crippen molar-refractivity contribution in [3.8, 4) is 0 Å². The number of nitrogens with one attached hydrogen (secondary N) is 1. The molecule has 0 radical (unpaired) electrons. The van der Waals surface area contributed by atoms with Crippen LogP contribution >= 0.6 is 7.82 Å². The molecule has 1 saturated carbocycles. The highest BCUT2D eigenvalue weighted by Gasteiger charge is 2.49. The quantitative estimate of drug-likeness (QED) is 0.423. The summed E-state index contributed by atoms with van der Waals surface area (Å²) in [4.78, 5) is 21.6. The van der Waals surface area contributed by atoms with E-state index >= 15 is 0 Å². The normalized spacial score (nSPS) is 19.5. The molecule has 0 aromatic rings. The van der Waals surface area contributed by atoms with Crippen molar-refractivity contribution in [2.24, 2.45) is 5.41 Å². The van der Waals surface area contributed by atoms with Crippen LogP contribution in [0.4, 0.5) is 26.3 Å². The zero-order valence-electron chi connectivity index (χ0n) is 13.9. The maximum absolute atomic E-state index is 12.6. The predicted molar refractivity (Wildman–Crippen MR) is 78.6 cm³/mol. The van der Waals surface area contributed by atoms with E-state index in [1.807, 2.05) is 13.8 Å². The van der Waals surface area contributed by atoms with Gasteiger partial charge >= 0.3 is 20.2 Å². The topological polar surface area (TPSA) is 89.8 Å². The number of halogens is 6. The molecule has 0 aromatic carbocycles. The SMILES string of the molecule is CC(C)NC1CCC(CC(F)(F)F)(CC(F)(F)F)CC1.O=P(O)(O)O. The van der Waals surface area contributed by atoms with E-state index in [-0.39, 0.29) is 24.9 Å². The fourth-order valence-corrected chi connectivity index (χ4v) is 3.13. The third-order valence-corrected chi connectivity index (χ3v) is 3.77. The molecule has 0 aliphatic heterocycles. The monoisotopic (exact) mass is 403 g/mol. The Kier molecular flexibility index (Phi) is 8.91. The Labute approximate surface area is 142 Å². The lowest BCUT2D eigenvalue weighted by Crippen LogP contribution is -2.43. The van der Waals surface area contributed by atoms with Gasteiger partial charge in [0.05, 0.1) is 0 Å². The highest BCUT2D eigenvalue weighted by atomic mass is 31.2. The molecule has 0 saturated heterocycles. The third kappa shape index (κ3) is 14.5. The molecular weight excluding hydrogens is 379 g/mol. The van der Waals surface area contributed by atoms with Crippen LogP contribution in [0.3, 0.4) is 0 Å². The summed E-state index contributed by atoms with van der Waals surface area (Å²) in [6, 6.07) is 0.197. The van der Waals surface area contributed by atoms with E-state index in [0.29, 0.717) is 12.8 Å². The lowest BCUT2D eigenvalue weighted by Gasteiger charge is -2.41. The highest BCUT2D eigenvalue weighted by Crippen LogP contribution is 2.50. The molecule has 152 valence electrons. The van der Waals surface area contributed by atoms with Gasteiger partial charge in [-0.2, -0.15) is 26.3 Å². The van der Waals surface area contributed by atoms with Crippen molar-refractivity contribution in [1.82, 2.24) is 5.32 Å². The van der Waals surface area contributed by atoms with Gasteiger partial charge in [0, 0.05) is 24.9 Å². The lowest BCUT2D eigenvalue weighted by atomic mass is 9.68. The minimum Gasteiger partial charge on any atom is -0.312 e. The molecule has 25 heavy (non-hydrogen) atoms. The van der Waals surface area contributed by atoms with Crippen LogP contribution in [-0.2, 0) is 4.57 Å². The number of phosphoric acid groups is 1. The van der Waals surface area contributed by atoms with E-state index < -0.39 is 38.4 Å². The van der Waals surface area contributed by atoms with Gasteiger partial charge in [0.15, 0.2) is 0 Å². The van der Waals surface area contributed by atoms with Crippen molar-refractivity contribution < 1.29 is 45.6 Å². The molecule has 4 N–H and O–H groups in total. The highest BCUT2D eigenvalue weighted by molar-refractivity contribution is 7.45. The van der Waals surface area contributed by atoms with Gasteiger partial charge in [-0.1, -0.05) is 13.8 Å². The maximum Gasteiger partial charge on any atom is 0.466 e. The van der Waals surface area contributed by atoms with Gasteiger partial charge in [0.1, 0.15) is 0 Å². The summed E-state index contributed by atoms with van der Waals surface area (Å²) in [6.07, 6.45) is -11.1. The van der Waals surface area contributed by atoms with E-state index in [1.54, 1.807) is 0 Å². The first-order valence-electron chi connectivity index (χ1n) is 7.59. The van der Waals surface area contributed by atoms with Crippen molar-refractivity contribution in [2.75, 3.05) is 0 Å². The molecule has 5 nitrogen and oxygen atoms in total. The largest absolute Gasteiger partial charge is 0.466 e. The predicted octanol–water partition coefficient (Wildman–Crippen LogP) is 3.89. The molecular formula is C13H24F6NO4P. The molecule has 12 heteroatoms. The van der Waals surface area contributed by atoms with Gasteiger partial charge in [-0.05, 0) is 31.1 Å². The summed E-state index contributed by atoms with van der Waals surface area (Å²) >= 11 is 0. The molecule has 1 fully saturated rings. The fourth-order valence-electron chi connectivity index (χ4n) is 3.13. The van der Waals surface area contributed by atoms with Crippen LogP contribution in [0.15, 0.2) is 0 Å². The van der Waals surface area contributed by atoms with Gasteiger partial charge < -0.3 is 20.0 Å². The Morgan fingerprint density at radius 1 is 1.00 bits per heavy atom. The molecule has 0 amide bonds. The zero-order chi connectivity index (χ0) is 20.1. The van der Waals surface area contributed by atoms with Gasteiger partial charge in [-0.15, -0.1) is 0 Å². The second-order valence-corrected chi connectivity index (χ2v) is 7.72. The first-order chi connectivity index (χ1) is 10.9. The van der Waals surface area contributed by atoms with Crippen molar-refractivity contribution >= 4 is 7.82 Å². The lowest BCUT2D eigenvalue weighted by molar-refractivity contribution is -0.201. The van der Waals surface area contributed by atoms with Crippen molar-refractivity contribution in [1.29, 1.82) is 0 Å². The minimum atomic E-state index is -4.64. The smallest absolute Gasteiger partial charge is 0.312 e. The van der Waals surface area contributed by atoms with Gasteiger partial charge in [-0.25, -0.2) is 4.57 Å². The van der Waals surface area contributed by atoms with E-state index in [2.05, 4.69) is 5.32 Å². The van der Waals surface area contributed by atoms with Crippen molar-refractivity contribution in [3.63, 3.8) is 0 Å². The van der Waals surface area contributed by atoms with Crippen LogP contribution in [0.5, 0.6) is 0 Å². The Morgan fingerprint density at radius 2 is 1.32 bits per heavy atom. The van der Waals surface area contributed by atoms with Crippen LogP contribution in [0.1, 0.15) is 52.4 Å². The van der Waals surface area contributed by atoms with Gasteiger partial charge in [0.2, 0.25) is 0 Å². The Bertz CT molecular complexity index is 415. The van der Waals surface area contributed by atoms with E-state index in [1.165, 1.54) is 0 Å². The Morgan fingerprint density at radius 3 is 1.56 bits per heavy atom. The van der Waals surface area contributed by atoms with Crippen LogP contribution < -0.4 is 5.32 Å². The molecule has 0 aromatic heterocycles. The molecule has 0 atom stereocenters. The van der Waals surface area contributed by atoms with E-state index in [4.69, 9.17) is 19.2 Å². The number of alkyl halides is 6. The number of hydrogen-bond donors (Lipinski definition) is 4. The Hall–Kier alpha value is -0.350. The first-order valence-corrected chi connectivity index (χ1v) is 9.15. The molecule has 0 heterocycles. The first kappa shape index (κ1) is 24.7. The fraction of sp³-hybridized carbons (Fsp3) is 1.00. The zero-order valence-corrected chi connectivity index (χ0v) is 14.8. The van der Waals surface area contributed by atoms with E-state index in [9.17, 15) is 26.3 Å². The van der Waals surface area contributed by atoms with Gasteiger partial charge in [-0.3, -0.25) is 0 Å². The van der Waals surface area contributed by atoms with Crippen LogP contribution in [0.25, 0.3) is 0 Å². The summed E-state index contributed by atoms with van der Waals surface area (Å²) < 4.78 is 84.4. The molecule has 1 aliphatic rings. The summed E-state index contributed by atoms with van der Waals surface area (Å²) in [6.45, 7) is 3.82. The summed E-state index contributed by atoms with van der Waals surface area (Å²) in [5, 5.41) is 3.18. The average Bonchev–Trinajstić information content (AvgIpc) is 2.24. The summed E-state index contributed by atoms with van der Waals surface area (Å²) in [5.41, 5.74) is -1.67. The van der Waals surface area contributed by atoms with Gasteiger partial charge in [0.25, 0.3) is 0 Å². The maximum atomic E-state index is 12.6. The number of rotatable bonds is 4.